The maximum atomic E-state index is 12.1. The summed E-state index contributed by atoms with van der Waals surface area (Å²) >= 11 is 1.56. The van der Waals surface area contributed by atoms with Crippen LogP contribution in [0.25, 0.3) is 0 Å². The van der Waals surface area contributed by atoms with E-state index in [2.05, 4.69) is 6.58 Å². The second kappa shape index (κ2) is 7.24. The molecule has 0 aliphatic carbocycles. The monoisotopic (exact) mass is 278 g/mol. The van der Waals surface area contributed by atoms with Gasteiger partial charge in [-0.15, -0.1) is 11.8 Å². The van der Waals surface area contributed by atoms with Gasteiger partial charge in [0.1, 0.15) is 0 Å². The van der Waals surface area contributed by atoms with Crippen molar-refractivity contribution in [2.75, 3.05) is 24.6 Å². The molecule has 0 aliphatic rings. The zero-order valence-electron chi connectivity index (χ0n) is 11.9. The van der Waals surface area contributed by atoms with Crippen molar-refractivity contribution in [3.63, 3.8) is 0 Å². The molecule has 1 rings (SSSR count). The van der Waals surface area contributed by atoms with E-state index in [0.29, 0.717) is 18.8 Å². The molecule has 1 amide bonds. The van der Waals surface area contributed by atoms with Crippen LogP contribution >= 0.6 is 11.8 Å². The molecule has 0 aliphatic heterocycles. The first-order chi connectivity index (χ1) is 8.93. The molecule has 1 aromatic carbocycles. The van der Waals surface area contributed by atoms with Gasteiger partial charge in [-0.3, -0.25) is 4.79 Å². The normalized spacial score (nSPS) is 10.3. The lowest BCUT2D eigenvalue weighted by Gasteiger charge is -2.20. The van der Waals surface area contributed by atoms with Gasteiger partial charge in [0, 0.05) is 23.7 Å². The van der Waals surface area contributed by atoms with Gasteiger partial charge in [-0.05, 0) is 44.5 Å². The Hall–Kier alpha value is -1.42. The molecule has 104 valence electrons. The summed E-state index contributed by atoms with van der Waals surface area (Å²) < 4.78 is 0. The highest BCUT2D eigenvalue weighted by atomic mass is 32.2. The minimum Gasteiger partial charge on any atom is -0.399 e. The van der Waals surface area contributed by atoms with Gasteiger partial charge in [0.25, 0.3) is 0 Å². The maximum Gasteiger partial charge on any atom is 0.233 e. The number of amides is 1. The molecule has 0 atom stereocenters. The molecule has 0 heterocycles. The Kier molecular flexibility index (Phi) is 5.96. The van der Waals surface area contributed by atoms with Crippen LogP contribution in [0.1, 0.15) is 19.4 Å². The summed E-state index contributed by atoms with van der Waals surface area (Å²) in [6, 6.07) is 5.77. The third kappa shape index (κ3) is 4.99. The Balaban J connectivity index is 2.60. The fourth-order valence-electron chi connectivity index (χ4n) is 1.77. The molecule has 2 N–H and O–H groups in total. The van der Waals surface area contributed by atoms with Crippen LogP contribution in [0.2, 0.25) is 0 Å². The Morgan fingerprint density at radius 3 is 2.68 bits per heavy atom. The molecule has 0 unspecified atom stereocenters. The largest absolute Gasteiger partial charge is 0.399 e. The van der Waals surface area contributed by atoms with Crippen molar-refractivity contribution < 1.29 is 4.79 Å². The number of hydrogen-bond donors (Lipinski definition) is 1. The molecule has 0 aromatic heterocycles. The highest BCUT2D eigenvalue weighted by molar-refractivity contribution is 8.00. The lowest BCUT2D eigenvalue weighted by molar-refractivity contribution is -0.127. The van der Waals surface area contributed by atoms with Crippen LogP contribution in [0.5, 0.6) is 0 Å². The summed E-state index contributed by atoms with van der Waals surface area (Å²) in [5.41, 5.74) is 8.58. The van der Waals surface area contributed by atoms with Crippen LogP contribution in [0.4, 0.5) is 5.69 Å². The van der Waals surface area contributed by atoms with E-state index in [1.165, 1.54) is 0 Å². The Bertz CT molecular complexity index is 471. The number of anilines is 1. The first kappa shape index (κ1) is 15.6. The number of nitrogens with zero attached hydrogens (tertiary/aromatic N) is 1. The van der Waals surface area contributed by atoms with E-state index < -0.39 is 0 Å². The zero-order valence-corrected chi connectivity index (χ0v) is 12.7. The van der Waals surface area contributed by atoms with Gasteiger partial charge in [0.2, 0.25) is 5.91 Å². The van der Waals surface area contributed by atoms with Gasteiger partial charge in [0.05, 0.1) is 5.75 Å². The molecule has 0 fully saturated rings. The molecule has 0 radical (unpaired) electrons. The number of aryl methyl sites for hydroxylation is 1. The molecule has 3 nitrogen and oxygen atoms in total. The molecule has 0 saturated carbocycles. The minimum atomic E-state index is 0.145. The van der Waals surface area contributed by atoms with E-state index in [0.717, 1.165) is 21.7 Å². The van der Waals surface area contributed by atoms with Crippen LogP contribution in [0.15, 0.2) is 35.2 Å². The van der Waals surface area contributed by atoms with Gasteiger partial charge in [-0.25, -0.2) is 0 Å². The van der Waals surface area contributed by atoms with Crippen LogP contribution in [-0.2, 0) is 4.79 Å². The first-order valence-corrected chi connectivity index (χ1v) is 7.33. The summed E-state index contributed by atoms with van der Waals surface area (Å²) in [7, 11) is 0. The van der Waals surface area contributed by atoms with E-state index in [4.69, 9.17) is 5.73 Å². The van der Waals surface area contributed by atoms with Gasteiger partial charge >= 0.3 is 0 Å². The summed E-state index contributed by atoms with van der Waals surface area (Å²) in [4.78, 5) is 15.0. The summed E-state index contributed by atoms with van der Waals surface area (Å²) in [5, 5.41) is 0. The van der Waals surface area contributed by atoms with Crippen LogP contribution in [0.3, 0.4) is 0 Å². The third-order valence-electron chi connectivity index (χ3n) is 2.75. The Labute approximate surface area is 119 Å². The van der Waals surface area contributed by atoms with Crippen molar-refractivity contribution in [1.82, 2.24) is 4.90 Å². The number of carbonyl (C=O) groups excluding carboxylic acids is 1. The molecule has 0 saturated heterocycles. The third-order valence-corrected chi connectivity index (χ3v) is 3.91. The molecule has 19 heavy (non-hydrogen) atoms. The number of hydrogen-bond acceptors (Lipinski definition) is 3. The second-order valence-electron chi connectivity index (χ2n) is 4.68. The number of nitrogens with two attached hydrogens (primary N) is 1. The Morgan fingerprint density at radius 1 is 1.47 bits per heavy atom. The number of carbonyl (C=O) groups is 1. The predicted molar refractivity (Wildman–Crippen MR) is 83.4 cm³/mol. The lowest BCUT2D eigenvalue weighted by atomic mass is 10.2. The van der Waals surface area contributed by atoms with Gasteiger partial charge in [-0.1, -0.05) is 12.2 Å². The van der Waals surface area contributed by atoms with Crippen molar-refractivity contribution in [2.45, 2.75) is 25.7 Å². The number of thioether (sulfide) groups is 1. The van der Waals surface area contributed by atoms with Crippen LogP contribution in [0, 0.1) is 6.92 Å². The molecular formula is C15H22N2OS. The van der Waals surface area contributed by atoms with Crippen LogP contribution in [-0.4, -0.2) is 29.6 Å². The van der Waals surface area contributed by atoms with Gasteiger partial charge in [-0.2, -0.15) is 0 Å². The quantitative estimate of drug-likeness (QED) is 0.494. The lowest BCUT2D eigenvalue weighted by Crippen LogP contribution is -2.33. The van der Waals surface area contributed by atoms with Crippen molar-refractivity contribution in [3.8, 4) is 0 Å². The van der Waals surface area contributed by atoms with E-state index in [1.807, 2.05) is 43.9 Å². The summed E-state index contributed by atoms with van der Waals surface area (Å²) in [6.07, 6.45) is 0. The summed E-state index contributed by atoms with van der Waals surface area (Å²) in [5.74, 6) is 0.595. The van der Waals surface area contributed by atoms with Crippen LogP contribution < -0.4 is 5.73 Å². The van der Waals surface area contributed by atoms with Crippen molar-refractivity contribution in [3.05, 3.63) is 35.9 Å². The van der Waals surface area contributed by atoms with Crippen molar-refractivity contribution >= 4 is 23.4 Å². The predicted octanol–water partition coefficient (Wildman–Crippen LogP) is 3.09. The standard InChI is InChI=1S/C15H22N2OS/c1-5-17(9-11(2)3)15(18)10-19-14-7-6-13(16)8-12(14)4/h6-8H,2,5,9-10,16H2,1,3-4H3. The Morgan fingerprint density at radius 2 is 2.16 bits per heavy atom. The smallest absolute Gasteiger partial charge is 0.233 e. The topological polar surface area (TPSA) is 46.3 Å². The molecular weight excluding hydrogens is 256 g/mol. The molecule has 4 heteroatoms. The van der Waals surface area contributed by atoms with Crippen molar-refractivity contribution in [2.24, 2.45) is 0 Å². The number of rotatable bonds is 6. The minimum absolute atomic E-state index is 0.145. The van der Waals surface area contributed by atoms with E-state index in [1.54, 1.807) is 11.8 Å². The van der Waals surface area contributed by atoms with Gasteiger partial charge < -0.3 is 10.6 Å². The summed E-state index contributed by atoms with van der Waals surface area (Å²) in [6.45, 7) is 11.1. The van der Waals surface area contributed by atoms with E-state index in [-0.39, 0.29) is 5.91 Å². The molecule has 1 aromatic rings. The van der Waals surface area contributed by atoms with Gasteiger partial charge in [0.15, 0.2) is 0 Å². The average Bonchev–Trinajstić information content (AvgIpc) is 2.34. The van der Waals surface area contributed by atoms with E-state index >= 15 is 0 Å². The maximum absolute atomic E-state index is 12.1. The number of likely N-dealkylation sites (N-methyl/N-ethyl adjacent to an activating group) is 1. The van der Waals surface area contributed by atoms with Crippen molar-refractivity contribution in [1.29, 1.82) is 0 Å². The number of benzene rings is 1. The molecule has 0 spiro atoms. The molecule has 0 bridgehead atoms. The average molecular weight is 278 g/mol. The highest BCUT2D eigenvalue weighted by Gasteiger charge is 2.12. The fourth-order valence-corrected chi connectivity index (χ4v) is 2.68. The number of nitrogen functional groups attached to an aromatic ring is 1. The zero-order chi connectivity index (χ0) is 14.4. The van der Waals surface area contributed by atoms with E-state index in [9.17, 15) is 4.79 Å². The fraction of sp³-hybridized carbons (Fsp3) is 0.400. The SMILES string of the molecule is C=C(C)CN(CC)C(=O)CSc1ccc(N)cc1C. The second-order valence-corrected chi connectivity index (χ2v) is 5.70. The highest BCUT2D eigenvalue weighted by Crippen LogP contribution is 2.24. The first-order valence-electron chi connectivity index (χ1n) is 6.35.